The van der Waals surface area contributed by atoms with E-state index in [1.165, 1.54) is 0 Å². The fourth-order valence-electron chi connectivity index (χ4n) is 3.29. The van der Waals surface area contributed by atoms with Crippen LogP contribution in [0.3, 0.4) is 0 Å². The Labute approximate surface area is 185 Å². The first-order chi connectivity index (χ1) is 15.4. The second-order valence-electron chi connectivity index (χ2n) is 7.52. The molecule has 0 saturated heterocycles. The molecule has 4 aromatic rings. The van der Waals surface area contributed by atoms with Gasteiger partial charge in [0.15, 0.2) is 11.1 Å². The molecule has 32 heavy (non-hydrogen) atoms. The molecule has 0 spiro atoms. The van der Waals surface area contributed by atoms with Crippen molar-refractivity contribution in [1.29, 1.82) is 5.26 Å². The summed E-state index contributed by atoms with van der Waals surface area (Å²) in [5.41, 5.74) is 2.70. The molecule has 1 fully saturated rings. The number of anilines is 2. The van der Waals surface area contributed by atoms with Gasteiger partial charge in [0.1, 0.15) is 11.5 Å². The molecule has 5 rings (SSSR count). The number of hydrogen-bond acceptors (Lipinski definition) is 7. The van der Waals surface area contributed by atoms with Crippen molar-refractivity contribution in [3.63, 3.8) is 0 Å². The van der Waals surface area contributed by atoms with Gasteiger partial charge in [0.2, 0.25) is 5.88 Å². The van der Waals surface area contributed by atoms with Crippen molar-refractivity contribution < 1.29 is 5.11 Å². The molecule has 0 radical (unpaired) electrons. The van der Waals surface area contributed by atoms with Crippen LogP contribution in [0.4, 0.5) is 11.5 Å². The first-order valence-electron chi connectivity index (χ1n) is 9.85. The Bertz CT molecular complexity index is 1590. The maximum atomic E-state index is 11.5. The first kappa shape index (κ1) is 19.8. The van der Waals surface area contributed by atoms with E-state index in [-0.39, 0.29) is 17.6 Å². The number of halogens is 1. The van der Waals surface area contributed by atoms with Crippen molar-refractivity contribution in [2.75, 3.05) is 5.32 Å². The zero-order valence-corrected chi connectivity index (χ0v) is 17.6. The van der Waals surface area contributed by atoms with E-state index in [1.54, 1.807) is 35.0 Å². The van der Waals surface area contributed by atoms with Gasteiger partial charge in [-0.1, -0.05) is 11.6 Å². The van der Waals surface area contributed by atoms with Gasteiger partial charge in [0.05, 0.1) is 34.6 Å². The molecule has 0 aliphatic heterocycles. The van der Waals surface area contributed by atoms with Gasteiger partial charge in [0.25, 0.3) is 0 Å². The minimum atomic E-state index is -0.517. The van der Waals surface area contributed by atoms with Crippen molar-refractivity contribution in [1.82, 2.24) is 24.6 Å². The van der Waals surface area contributed by atoms with Gasteiger partial charge in [-0.05, 0) is 44.0 Å². The summed E-state index contributed by atoms with van der Waals surface area (Å²) in [6, 6.07) is 7.27. The first-order valence-corrected chi connectivity index (χ1v) is 10.2. The summed E-state index contributed by atoms with van der Waals surface area (Å²) in [4.78, 5) is 25.8. The van der Waals surface area contributed by atoms with Crippen molar-refractivity contribution in [2.24, 2.45) is 4.99 Å². The molecular weight excluding hydrogens is 432 g/mol. The Morgan fingerprint density at radius 1 is 1.41 bits per heavy atom. The van der Waals surface area contributed by atoms with Gasteiger partial charge in [0, 0.05) is 10.8 Å². The number of nitrogens with one attached hydrogen (secondary N) is 3. The van der Waals surface area contributed by atoms with E-state index < -0.39 is 5.69 Å². The van der Waals surface area contributed by atoms with Gasteiger partial charge in [-0.2, -0.15) is 14.9 Å². The molecular formula is C21H17ClN8O2. The van der Waals surface area contributed by atoms with E-state index in [9.17, 15) is 9.90 Å². The van der Waals surface area contributed by atoms with Crippen LogP contribution < -0.4 is 21.7 Å². The van der Waals surface area contributed by atoms with E-state index >= 15 is 0 Å². The number of hydrogen-bond donors (Lipinski definition) is 4. The summed E-state index contributed by atoms with van der Waals surface area (Å²) < 4.78 is 1.65. The van der Waals surface area contributed by atoms with Crippen LogP contribution in [-0.2, 0) is 0 Å². The fourth-order valence-corrected chi connectivity index (χ4v) is 3.52. The number of aromatic nitrogens is 5. The maximum absolute atomic E-state index is 11.5. The highest BCUT2D eigenvalue weighted by Crippen LogP contribution is 2.27. The highest BCUT2D eigenvalue weighted by Gasteiger charge is 2.21. The predicted octanol–water partition coefficient (Wildman–Crippen LogP) is 1.64. The molecule has 4 N–H and O–H groups in total. The smallest absolute Gasteiger partial charge is 0.326 e. The van der Waals surface area contributed by atoms with Crippen molar-refractivity contribution in [3.05, 3.63) is 67.4 Å². The van der Waals surface area contributed by atoms with Gasteiger partial charge in [-0.3, -0.25) is 9.98 Å². The largest absolute Gasteiger partial charge is 0.493 e. The molecule has 1 aromatic carbocycles. The molecule has 0 atom stereocenters. The standard InChI is InChI=1S/C21H17ClN8O2/c1-10-17(26-15-5-2-11(8-23)6-14(15)22)28-19-12(7-16-20(31)29-21(32)27-16)9-24-30(19)18(10)25-13-3-4-13/h2,5-7,9,13,26,31H,3-4H2,1H3,(H2,27,29,32)/b12-7-,25-18?. The van der Waals surface area contributed by atoms with Crippen LogP contribution in [0.25, 0.3) is 11.7 Å². The topological polar surface area (TPSA) is 147 Å². The number of aromatic amines is 2. The Balaban J connectivity index is 1.71. The predicted molar refractivity (Wildman–Crippen MR) is 118 cm³/mol. The lowest BCUT2D eigenvalue weighted by Crippen LogP contribution is -2.24. The lowest BCUT2D eigenvalue weighted by atomic mass is 10.2. The fraction of sp³-hybridized carbons (Fsp3) is 0.190. The number of aromatic hydroxyl groups is 1. The zero-order chi connectivity index (χ0) is 22.4. The van der Waals surface area contributed by atoms with Crippen molar-refractivity contribution in [2.45, 2.75) is 25.8 Å². The van der Waals surface area contributed by atoms with Crippen LogP contribution in [-0.4, -0.2) is 35.7 Å². The lowest BCUT2D eigenvalue weighted by Gasteiger charge is -2.11. The molecule has 11 heteroatoms. The second-order valence-corrected chi connectivity index (χ2v) is 7.93. The molecule has 1 aliphatic rings. The number of H-pyrrole nitrogens is 2. The van der Waals surface area contributed by atoms with Crippen molar-refractivity contribution >= 4 is 34.8 Å². The number of nitriles is 1. The van der Waals surface area contributed by atoms with E-state index in [0.717, 1.165) is 18.4 Å². The van der Waals surface area contributed by atoms with E-state index in [2.05, 4.69) is 26.5 Å². The van der Waals surface area contributed by atoms with E-state index in [4.69, 9.17) is 26.8 Å². The number of fused-ring (bicyclic) bond motifs is 1. The Kier molecular flexibility index (Phi) is 4.68. The van der Waals surface area contributed by atoms with Crippen LogP contribution in [0.5, 0.6) is 5.88 Å². The minimum absolute atomic E-state index is 0.220. The SMILES string of the molecule is Cc1c(Nc2ccc(C#N)cc2Cl)nc2/c(=C\c3[nH]c(=O)[nH]c3O)cnn2c1=NC1CC1. The molecule has 1 saturated carbocycles. The average Bonchev–Trinajstić information content (AvgIpc) is 3.42. The Morgan fingerprint density at radius 3 is 2.88 bits per heavy atom. The third kappa shape index (κ3) is 3.59. The van der Waals surface area contributed by atoms with Gasteiger partial charge in [-0.15, -0.1) is 0 Å². The lowest BCUT2D eigenvalue weighted by molar-refractivity contribution is 0.454. The normalized spacial score (nSPS) is 14.8. The van der Waals surface area contributed by atoms with Gasteiger partial charge in [-0.25, -0.2) is 9.78 Å². The van der Waals surface area contributed by atoms with Gasteiger partial charge < -0.3 is 15.4 Å². The molecule has 0 amide bonds. The summed E-state index contributed by atoms with van der Waals surface area (Å²) in [5, 5.41) is 27.6. The molecule has 3 heterocycles. The third-order valence-corrected chi connectivity index (χ3v) is 5.43. The Morgan fingerprint density at radius 2 is 2.22 bits per heavy atom. The third-order valence-electron chi connectivity index (χ3n) is 5.12. The van der Waals surface area contributed by atoms with Crippen LogP contribution in [0, 0.1) is 18.3 Å². The Hall–Kier alpha value is -4.10. The van der Waals surface area contributed by atoms with Crippen LogP contribution >= 0.6 is 11.6 Å². The summed E-state index contributed by atoms with van der Waals surface area (Å²) in [7, 11) is 0. The monoisotopic (exact) mass is 448 g/mol. The number of rotatable bonds is 4. The second kappa shape index (κ2) is 7.55. The highest BCUT2D eigenvalue weighted by molar-refractivity contribution is 6.33. The molecule has 1 aliphatic carbocycles. The summed E-state index contributed by atoms with van der Waals surface area (Å²) in [5.74, 6) is 0.262. The number of nitrogens with zero attached hydrogens (tertiary/aromatic N) is 5. The molecule has 0 bridgehead atoms. The molecule has 160 valence electrons. The van der Waals surface area contributed by atoms with E-state index in [1.807, 2.05) is 6.92 Å². The number of benzene rings is 1. The highest BCUT2D eigenvalue weighted by atomic mass is 35.5. The molecule has 10 nitrogen and oxygen atoms in total. The van der Waals surface area contributed by atoms with Crippen LogP contribution in [0.2, 0.25) is 5.02 Å². The zero-order valence-electron chi connectivity index (χ0n) is 16.8. The maximum Gasteiger partial charge on any atom is 0.326 e. The van der Waals surface area contributed by atoms with E-state index in [0.29, 0.717) is 38.4 Å². The minimum Gasteiger partial charge on any atom is -0.493 e. The van der Waals surface area contributed by atoms with Crippen LogP contribution in [0.1, 0.15) is 29.7 Å². The molecule has 0 unspecified atom stereocenters. The van der Waals surface area contributed by atoms with Gasteiger partial charge >= 0.3 is 5.69 Å². The molecule has 3 aromatic heterocycles. The van der Waals surface area contributed by atoms with Crippen molar-refractivity contribution in [3.8, 4) is 11.9 Å². The number of imidazole rings is 1. The van der Waals surface area contributed by atoms with Crippen LogP contribution in [0.15, 0.2) is 34.2 Å². The quantitative estimate of drug-likeness (QED) is 0.373. The summed E-state index contributed by atoms with van der Waals surface area (Å²) >= 11 is 6.35. The average molecular weight is 449 g/mol. The summed E-state index contributed by atoms with van der Waals surface area (Å²) in [6.07, 6.45) is 5.21. The summed E-state index contributed by atoms with van der Waals surface area (Å²) in [6.45, 7) is 1.90.